The zero-order valence-corrected chi connectivity index (χ0v) is 9.02. The molecule has 1 unspecified atom stereocenters. The molecule has 1 spiro atoms. The molecule has 2 nitrogen and oxygen atoms in total. The van der Waals surface area contributed by atoms with Crippen molar-refractivity contribution in [3.8, 4) is 0 Å². The highest BCUT2D eigenvalue weighted by molar-refractivity contribution is 4.94. The van der Waals surface area contributed by atoms with Crippen LogP contribution in [0.2, 0.25) is 0 Å². The van der Waals surface area contributed by atoms with E-state index in [0.29, 0.717) is 6.04 Å². The number of ether oxygens (including phenoxy) is 1. The second-order valence-corrected chi connectivity index (χ2v) is 5.31. The molecule has 1 saturated heterocycles. The van der Waals surface area contributed by atoms with Gasteiger partial charge in [0.2, 0.25) is 0 Å². The zero-order valence-electron chi connectivity index (χ0n) is 9.02. The third kappa shape index (κ3) is 1.89. The van der Waals surface area contributed by atoms with E-state index in [9.17, 15) is 0 Å². The molecule has 1 atom stereocenters. The topological polar surface area (TPSA) is 21.3 Å². The molecule has 0 aromatic rings. The van der Waals surface area contributed by atoms with Crippen LogP contribution in [0, 0.1) is 0 Å². The standard InChI is InChI=1S/C11H21NO/c1-9-8-10(2,3)13-11(12-9)6-4-5-7-11/h9,12H,4-8H2,1-3H3. The molecule has 2 fully saturated rings. The van der Waals surface area contributed by atoms with Crippen molar-refractivity contribution in [1.29, 1.82) is 0 Å². The minimum Gasteiger partial charge on any atom is -0.355 e. The average Bonchev–Trinajstić information content (AvgIpc) is 2.31. The van der Waals surface area contributed by atoms with Crippen molar-refractivity contribution in [3.63, 3.8) is 0 Å². The van der Waals surface area contributed by atoms with Gasteiger partial charge in [0, 0.05) is 6.04 Å². The van der Waals surface area contributed by atoms with Gasteiger partial charge in [-0.3, -0.25) is 5.32 Å². The van der Waals surface area contributed by atoms with Gasteiger partial charge in [0.05, 0.1) is 5.60 Å². The summed E-state index contributed by atoms with van der Waals surface area (Å²) in [6.07, 6.45) is 6.14. The van der Waals surface area contributed by atoms with Gasteiger partial charge >= 0.3 is 0 Å². The SMILES string of the molecule is CC1CC(C)(C)OC2(CCCC2)N1. The summed E-state index contributed by atoms with van der Waals surface area (Å²) < 4.78 is 6.18. The third-order valence-corrected chi connectivity index (χ3v) is 3.19. The molecule has 0 aromatic heterocycles. The van der Waals surface area contributed by atoms with Crippen molar-refractivity contribution in [2.45, 2.75) is 70.2 Å². The second-order valence-electron chi connectivity index (χ2n) is 5.31. The van der Waals surface area contributed by atoms with E-state index in [4.69, 9.17) is 4.74 Å². The van der Waals surface area contributed by atoms with Crippen molar-refractivity contribution < 1.29 is 4.74 Å². The maximum Gasteiger partial charge on any atom is 0.120 e. The van der Waals surface area contributed by atoms with E-state index in [-0.39, 0.29) is 11.3 Å². The lowest BCUT2D eigenvalue weighted by Gasteiger charge is -2.47. The molecule has 76 valence electrons. The van der Waals surface area contributed by atoms with Gasteiger partial charge in [-0.2, -0.15) is 0 Å². The summed E-state index contributed by atoms with van der Waals surface area (Å²) in [6.45, 7) is 6.69. The van der Waals surface area contributed by atoms with Gasteiger partial charge in [0.25, 0.3) is 0 Å². The highest BCUT2D eigenvalue weighted by Crippen LogP contribution is 2.39. The van der Waals surface area contributed by atoms with Crippen LogP contribution in [0.4, 0.5) is 0 Å². The van der Waals surface area contributed by atoms with Gasteiger partial charge in [0.1, 0.15) is 5.72 Å². The quantitative estimate of drug-likeness (QED) is 0.623. The minimum atomic E-state index is 0.0289. The van der Waals surface area contributed by atoms with E-state index in [1.807, 2.05) is 0 Å². The second kappa shape index (κ2) is 2.96. The molecule has 1 saturated carbocycles. The van der Waals surface area contributed by atoms with Crippen molar-refractivity contribution in [1.82, 2.24) is 5.32 Å². The molecule has 1 aliphatic carbocycles. The van der Waals surface area contributed by atoms with Crippen LogP contribution in [0.5, 0.6) is 0 Å². The maximum atomic E-state index is 6.18. The van der Waals surface area contributed by atoms with Gasteiger partial charge in [-0.15, -0.1) is 0 Å². The summed E-state index contributed by atoms with van der Waals surface area (Å²) in [6, 6.07) is 0.599. The fraction of sp³-hybridized carbons (Fsp3) is 1.00. The molecule has 0 radical (unpaired) electrons. The highest BCUT2D eigenvalue weighted by atomic mass is 16.5. The molecule has 1 N–H and O–H groups in total. The van der Waals surface area contributed by atoms with E-state index >= 15 is 0 Å². The molecule has 2 rings (SSSR count). The Hall–Kier alpha value is -0.0800. The van der Waals surface area contributed by atoms with Crippen LogP contribution >= 0.6 is 0 Å². The van der Waals surface area contributed by atoms with Crippen LogP contribution in [0.1, 0.15) is 52.9 Å². The normalized spacial score (nSPS) is 36.7. The van der Waals surface area contributed by atoms with Gasteiger partial charge in [-0.05, 0) is 52.9 Å². The summed E-state index contributed by atoms with van der Waals surface area (Å²) in [5.41, 5.74) is 0.0934. The lowest BCUT2D eigenvalue weighted by atomic mass is 9.94. The first-order valence-corrected chi connectivity index (χ1v) is 5.49. The fourth-order valence-electron chi connectivity index (χ4n) is 3.03. The molecular weight excluding hydrogens is 162 g/mol. The van der Waals surface area contributed by atoms with Gasteiger partial charge < -0.3 is 4.74 Å². The van der Waals surface area contributed by atoms with Crippen molar-refractivity contribution in [2.24, 2.45) is 0 Å². The Morgan fingerprint density at radius 2 is 1.85 bits per heavy atom. The van der Waals surface area contributed by atoms with Crippen LogP contribution in [-0.2, 0) is 4.74 Å². The number of rotatable bonds is 0. The predicted molar refractivity (Wildman–Crippen MR) is 53.6 cm³/mol. The Morgan fingerprint density at radius 3 is 2.38 bits per heavy atom. The molecule has 1 heterocycles. The van der Waals surface area contributed by atoms with Crippen molar-refractivity contribution in [2.75, 3.05) is 0 Å². The Kier molecular flexibility index (Phi) is 2.16. The molecule has 0 amide bonds. The third-order valence-electron chi connectivity index (χ3n) is 3.19. The molecule has 1 aliphatic heterocycles. The molecule has 13 heavy (non-hydrogen) atoms. The summed E-state index contributed by atoms with van der Waals surface area (Å²) in [5, 5.41) is 3.63. The Bertz CT molecular complexity index is 194. The first-order valence-electron chi connectivity index (χ1n) is 5.49. The van der Waals surface area contributed by atoms with Crippen LogP contribution in [0.15, 0.2) is 0 Å². The summed E-state index contributed by atoms with van der Waals surface area (Å²) in [5.74, 6) is 0. The first-order chi connectivity index (χ1) is 6.02. The van der Waals surface area contributed by atoms with Crippen LogP contribution in [0.25, 0.3) is 0 Å². The number of hydrogen-bond donors (Lipinski definition) is 1. The molecule has 0 aromatic carbocycles. The number of hydrogen-bond acceptors (Lipinski definition) is 2. The first kappa shape index (κ1) is 9.47. The maximum absolute atomic E-state index is 6.18. The van der Waals surface area contributed by atoms with E-state index in [1.165, 1.54) is 25.7 Å². The molecule has 2 aliphatic rings. The monoisotopic (exact) mass is 183 g/mol. The van der Waals surface area contributed by atoms with Crippen molar-refractivity contribution in [3.05, 3.63) is 0 Å². The lowest BCUT2D eigenvalue weighted by molar-refractivity contribution is -0.192. The fourth-order valence-corrected chi connectivity index (χ4v) is 3.03. The Balaban J connectivity index is 2.12. The largest absolute Gasteiger partial charge is 0.355 e. The van der Waals surface area contributed by atoms with E-state index in [2.05, 4.69) is 26.1 Å². The lowest BCUT2D eigenvalue weighted by Crippen LogP contribution is -2.59. The van der Waals surface area contributed by atoms with Crippen LogP contribution < -0.4 is 5.32 Å². The summed E-state index contributed by atoms with van der Waals surface area (Å²) >= 11 is 0. The highest BCUT2D eigenvalue weighted by Gasteiger charge is 2.44. The smallest absolute Gasteiger partial charge is 0.120 e. The number of nitrogens with one attached hydrogen (secondary N) is 1. The minimum absolute atomic E-state index is 0.0289. The molecule has 2 heteroatoms. The molecule has 0 bridgehead atoms. The van der Waals surface area contributed by atoms with Gasteiger partial charge in [0.15, 0.2) is 0 Å². The summed E-state index contributed by atoms with van der Waals surface area (Å²) in [4.78, 5) is 0. The molecular formula is C11H21NO. The van der Waals surface area contributed by atoms with Crippen LogP contribution in [0.3, 0.4) is 0 Å². The van der Waals surface area contributed by atoms with E-state index in [1.54, 1.807) is 0 Å². The Morgan fingerprint density at radius 1 is 1.23 bits per heavy atom. The Labute approximate surface area is 81.0 Å². The summed E-state index contributed by atoms with van der Waals surface area (Å²) in [7, 11) is 0. The average molecular weight is 183 g/mol. The predicted octanol–water partition coefficient (Wildman–Crippen LogP) is 2.43. The van der Waals surface area contributed by atoms with E-state index < -0.39 is 0 Å². The van der Waals surface area contributed by atoms with Crippen LogP contribution in [-0.4, -0.2) is 17.4 Å². The van der Waals surface area contributed by atoms with E-state index in [0.717, 1.165) is 6.42 Å². The van der Waals surface area contributed by atoms with Gasteiger partial charge in [-0.25, -0.2) is 0 Å². The van der Waals surface area contributed by atoms with Crippen molar-refractivity contribution >= 4 is 0 Å². The zero-order chi connectivity index (χ0) is 9.53. The van der Waals surface area contributed by atoms with Gasteiger partial charge in [-0.1, -0.05) is 0 Å².